The van der Waals surface area contributed by atoms with Gasteiger partial charge in [0.05, 0.1) is 13.6 Å². The quantitative estimate of drug-likeness (QED) is 0.603. The molecule has 0 fully saturated rings. The lowest BCUT2D eigenvalue weighted by Gasteiger charge is -2.18. The van der Waals surface area contributed by atoms with Crippen molar-refractivity contribution in [3.8, 4) is 0 Å². The lowest BCUT2D eigenvalue weighted by molar-refractivity contribution is 0.602. The molecular weight excluding hydrogens is 383 g/mol. The molecule has 2 aromatic rings. The second kappa shape index (κ2) is 5.79. The van der Waals surface area contributed by atoms with Gasteiger partial charge in [-0.05, 0) is 68.1 Å². The summed E-state index contributed by atoms with van der Waals surface area (Å²) >= 11 is 8.49. The first kappa shape index (κ1) is 14.1. The van der Waals surface area contributed by atoms with E-state index in [1.54, 1.807) is 17.4 Å². The van der Waals surface area contributed by atoms with Gasteiger partial charge in [-0.15, -0.1) is 11.3 Å². The van der Waals surface area contributed by atoms with Crippen LogP contribution in [-0.2, 0) is 0 Å². The van der Waals surface area contributed by atoms with Gasteiger partial charge in [0.15, 0.2) is 0 Å². The van der Waals surface area contributed by atoms with Gasteiger partial charge in [0.2, 0.25) is 0 Å². The Labute approximate surface area is 126 Å². The van der Waals surface area contributed by atoms with Gasteiger partial charge in [0.1, 0.15) is 5.82 Å². The second-order valence-electron chi connectivity index (χ2n) is 3.88. The molecule has 0 bridgehead atoms. The van der Waals surface area contributed by atoms with Gasteiger partial charge in [0.25, 0.3) is 0 Å². The molecule has 0 saturated carbocycles. The van der Waals surface area contributed by atoms with Gasteiger partial charge >= 0.3 is 0 Å². The van der Waals surface area contributed by atoms with Crippen molar-refractivity contribution in [2.24, 2.45) is 5.84 Å². The molecule has 2 rings (SSSR count). The van der Waals surface area contributed by atoms with Crippen LogP contribution < -0.4 is 11.3 Å². The Morgan fingerprint density at radius 1 is 1.28 bits per heavy atom. The number of nitrogens with two attached hydrogens (primary N) is 1. The smallest absolute Gasteiger partial charge is 0.123 e. The predicted molar refractivity (Wildman–Crippen MR) is 80.0 cm³/mol. The Hall–Kier alpha value is -0.270. The highest BCUT2D eigenvalue weighted by Gasteiger charge is 2.20. The lowest BCUT2D eigenvalue weighted by Crippen LogP contribution is -2.29. The minimum Gasteiger partial charge on any atom is -0.271 e. The first-order valence-corrected chi connectivity index (χ1v) is 7.60. The minimum absolute atomic E-state index is 0.238. The largest absolute Gasteiger partial charge is 0.271 e. The standard InChI is InChI=1S/C12H11Br2FN2S/c1-6-2-3-7(15)4-8(6)11(17-16)9-5-10(13)18-12(9)14/h2-5,11,17H,16H2,1H3. The molecule has 1 aromatic carbocycles. The number of rotatable bonds is 3. The summed E-state index contributed by atoms with van der Waals surface area (Å²) in [7, 11) is 0. The van der Waals surface area contributed by atoms with E-state index in [9.17, 15) is 4.39 Å². The fourth-order valence-electron chi connectivity index (χ4n) is 1.82. The van der Waals surface area contributed by atoms with Crippen LogP contribution in [0.3, 0.4) is 0 Å². The third-order valence-electron chi connectivity index (χ3n) is 2.71. The van der Waals surface area contributed by atoms with Gasteiger partial charge in [-0.25, -0.2) is 9.82 Å². The number of hydrogen-bond acceptors (Lipinski definition) is 3. The van der Waals surface area contributed by atoms with E-state index in [1.807, 2.05) is 13.0 Å². The normalized spacial score (nSPS) is 12.7. The average Bonchev–Trinajstić information content (AvgIpc) is 2.64. The van der Waals surface area contributed by atoms with E-state index in [0.29, 0.717) is 0 Å². The van der Waals surface area contributed by atoms with E-state index < -0.39 is 0 Å². The highest BCUT2D eigenvalue weighted by atomic mass is 79.9. The van der Waals surface area contributed by atoms with Crippen molar-refractivity contribution in [2.45, 2.75) is 13.0 Å². The SMILES string of the molecule is Cc1ccc(F)cc1C(NN)c1cc(Br)sc1Br. The highest BCUT2D eigenvalue weighted by Crippen LogP contribution is 2.38. The summed E-state index contributed by atoms with van der Waals surface area (Å²) in [6, 6.07) is 6.45. The molecule has 0 saturated heterocycles. The summed E-state index contributed by atoms with van der Waals surface area (Å²) in [5.74, 6) is 5.37. The van der Waals surface area contributed by atoms with E-state index in [-0.39, 0.29) is 11.9 Å². The number of nitrogens with one attached hydrogen (secondary N) is 1. The van der Waals surface area contributed by atoms with Crippen LogP contribution in [0.15, 0.2) is 31.8 Å². The monoisotopic (exact) mass is 392 g/mol. The molecule has 1 heterocycles. The molecule has 0 radical (unpaired) electrons. The molecular formula is C12H11Br2FN2S. The summed E-state index contributed by atoms with van der Waals surface area (Å²) in [5.41, 5.74) is 5.57. The Bertz CT molecular complexity index is 571. The second-order valence-corrected chi connectivity index (χ2v) is 7.63. The van der Waals surface area contributed by atoms with E-state index in [1.165, 1.54) is 12.1 Å². The molecule has 0 aliphatic heterocycles. The third kappa shape index (κ3) is 2.83. The van der Waals surface area contributed by atoms with Crippen LogP contribution in [0.2, 0.25) is 0 Å². The zero-order valence-electron chi connectivity index (χ0n) is 9.51. The Kier molecular flexibility index (Phi) is 4.55. The summed E-state index contributed by atoms with van der Waals surface area (Å²) in [6.07, 6.45) is 0. The Morgan fingerprint density at radius 2 is 2.00 bits per heavy atom. The van der Waals surface area contributed by atoms with E-state index in [0.717, 1.165) is 24.3 Å². The molecule has 96 valence electrons. The van der Waals surface area contributed by atoms with Gasteiger partial charge in [-0.1, -0.05) is 6.07 Å². The number of aryl methyl sites for hydroxylation is 1. The number of hydrogen-bond donors (Lipinski definition) is 2. The highest BCUT2D eigenvalue weighted by molar-refractivity contribution is 9.12. The molecule has 0 amide bonds. The molecule has 0 spiro atoms. The van der Waals surface area contributed by atoms with E-state index in [4.69, 9.17) is 5.84 Å². The van der Waals surface area contributed by atoms with Crippen molar-refractivity contribution < 1.29 is 4.39 Å². The summed E-state index contributed by atoms with van der Waals surface area (Å²) in [6.45, 7) is 1.94. The van der Waals surface area contributed by atoms with Crippen LogP contribution in [0.1, 0.15) is 22.7 Å². The van der Waals surface area contributed by atoms with Crippen LogP contribution in [0, 0.1) is 12.7 Å². The van der Waals surface area contributed by atoms with Crippen LogP contribution in [-0.4, -0.2) is 0 Å². The van der Waals surface area contributed by atoms with Gasteiger partial charge in [-0.3, -0.25) is 5.84 Å². The maximum absolute atomic E-state index is 13.4. The number of thiophene rings is 1. The number of hydrazine groups is 1. The fraction of sp³-hybridized carbons (Fsp3) is 0.167. The topological polar surface area (TPSA) is 38.0 Å². The zero-order chi connectivity index (χ0) is 13.3. The Morgan fingerprint density at radius 3 is 2.56 bits per heavy atom. The molecule has 18 heavy (non-hydrogen) atoms. The summed E-state index contributed by atoms with van der Waals surface area (Å²) < 4.78 is 15.4. The van der Waals surface area contributed by atoms with Crippen molar-refractivity contribution >= 4 is 43.2 Å². The van der Waals surface area contributed by atoms with E-state index >= 15 is 0 Å². The number of benzene rings is 1. The maximum atomic E-state index is 13.4. The molecule has 2 nitrogen and oxygen atoms in total. The molecule has 1 atom stereocenters. The fourth-order valence-corrected chi connectivity index (χ4v) is 4.72. The first-order valence-electron chi connectivity index (χ1n) is 5.20. The molecule has 0 aliphatic carbocycles. The van der Waals surface area contributed by atoms with Crippen molar-refractivity contribution in [3.05, 3.63) is 54.3 Å². The number of halogens is 3. The van der Waals surface area contributed by atoms with Crippen molar-refractivity contribution in [2.75, 3.05) is 0 Å². The first-order chi connectivity index (χ1) is 8.52. The summed E-state index contributed by atoms with van der Waals surface area (Å²) in [5, 5.41) is 0. The summed E-state index contributed by atoms with van der Waals surface area (Å²) in [4.78, 5) is 0. The average molecular weight is 394 g/mol. The van der Waals surface area contributed by atoms with Crippen molar-refractivity contribution in [3.63, 3.8) is 0 Å². The van der Waals surface area contributed by atoms with Gasteiger partial charge in [-0.2, -0.15) is 0 Å². The zero-order valence-corrected chi connectivity index (χ0v) is 13.5. The van der Waals surface area contributed by atoms with Crippen LogP contribution in [0.25, 0.3) is 0 Å². The minimum atomic E-state index is -0.263. The third-order valence-corrected chi connectivity index (χ3v) is 5.10. The molecule has 6 heteroatoms. The molecule has 1 aromatic heterocycles. The van der Waals surface area contributed by atoms with Crippen molar-refractivity contribution in [1.29, 1.82) is 0 Å². The Balaban J connectivity index is 2.51. The lowest BCUT2D eigenvalue weighted by atomic mass is 9.97. The predicted octanol–water partition coefficient (Wildman–Crippen LogP) is 4.27. The molecule has 0 aliphatic rings. The van der Waals surface area contributed by atoms with Crippen LogP contribution in [0.4, 0.5) is 4.39 Å². The molecule has 1 unspecified atom stereocenters. The van der Waals surface area contributed by atoms with Crippen LogP contribution in [0.5, 0.6) is 0 Å². The van der Waals surface area contributed by atoms with Crippen LogP contribution >= 0.6 is 43.2 Å². The molecule has 3 N–H and O–H groups in total. The van der Waals surface area contributed by atoms with Gasteiger partial charge < -0.3 is 0 Å². The van der Waals surface area contributed by atoms with Crippen molar-refractivity contribution in [1.82, 2.24) is 5.43 Å². The maximum Gasteiger partial charge on any atom is 0.123 e. The van der Waals surface area contributed by atoms with Gasteiger partial charge in [0, 0.05) is 5.56 Å². The van der Waals surface area contributed by atoms with E-state index in [2.05, 4.69) is 37.3 Å².